The number of morpholine rings is 1. The zero-order valence-electron chi connectivity index (χ0n) is 16.8. The summed E-state index contributed by atoms with van der Waals surface area (Å²) in [5.74, 6) is 1.31. The molecule has 1 N–H and O–H groups in total. The minimum Gasteiger partial charge on any atom is -0.493 e. The van der Waals surface area contributed by atoms with Crippen LogP contribution in [-0.2, 0) is 24.8 Å². The second-order valence-electron chi connectivity index (χ2n) is 6.81. The monoisotopic (exact) mass is 409 g/mol. The zero-order chi connectivity index (χ0) is 20.3. The number of aliphatic hydroxyl groups excluding tert-OH is 1. The Balaban J connectivity index is 1.98. The second-order valence-corrected chi connectivity index (χ2v) is 7.17. The number of rotatable bonds is 7. The van der Waals surface area contributed by atoms with Gasteiger partial charge in [-0.05, 0) is 24.1 Å². The average molecular weight is 410 g/mol. The molecule has 8 heteroatoms. The predicted molar refractivity (Wildman–Crippen MR) is 107 cm³/mol. The first-order chi connectivity index (χ1) is 13.5. The molecule has 1 fully saturated rings. The smallest absolute Gasteiger partial charge is 0.161 e. The van der Waals surface area contributed by atoms with Crippen LogP contribution in [0.4, 0.5) is 0 Å². The molecule has 2 heterocycles. The summed E-state index contributed by atoms with van der Waals surface area (Å²) in [4.78, 5) is 2.29. The van der Waals surface area contributed by atoms with Crippen molar-refractivity contribution in [3.63, 3.8) is 0 Å². The first kappa shape index (κ1) is 20.9. The third-order valence-electron chi connectivity index (χ3n) is 5.23. The summed E-state index contributed by atoms with van der Waals surface area (Å²) in [7, 11) is 5.08. The first-order valence-electron chi connectivity index (χ1n) is 9.42. The molecule has 0 aliphatic carbocycles. The number of aryl methyl sites for hydroxylation is 2. The Morgan fingerprint density at radius 3 is 2.68 bits per heavy atom. The Morgan fingerprint density at radius 2 is 2.04 bits per heavy atom. The number of aromatic nitrogens is 2. The number of nitrogens with zero attached hydrogens (tertiary/aromatic N) is 3. The van der Waals surface area contributed by atoms with Gasteiger partial charge in [0.1, 0.15) is 11.3 Å². The Bertz CT molecular complexity index is 811. The molecule has 1 aromatic heterocycles. The lowest BCUT2D eigenvalue weighted by atomic mass is 9.97. The van der Waals surface area contributed by atoms with E-state index in [-0.39, 0.29) is 18.8 Å². The van der Waals surface area contributed by atoms with Crippen molar-refractivity contribution in [1.29, 1.82) is 0 Å². The molecule has 1 aliphatic rings. The summed E-state index contributed by atoms with van der Waals surface area (Å²) in [6.45, 7) is 3.91. The van der Waals surface area contributed by atoms with Gasteiger partial charge in [0.25, 0.3) is 0 Å². The fourth-order valence-corrected chi connectivity index (χ4v) is 4.03. The van der Waals surface area contributed by atoms with E-state index in [1.807, 2.05) is 25.2 Å². The van der Waals surface area contributed by atoms with Crippen molar-refractivity contribution < 1.29 is 19.3 Å². The van der Waals surface area contributed by atoms with Crippen molar-refractivity contribution in [2.75, 3.05) is 34.0 Å². The number of ether oxygens (including phenoxy) is 3. The Labute approximate surface area is 170 Å². The lowest BCUT2D eigenvalue weighted by Gasteiger charge is -2.41. The van der Waals surface area contributed by atoms with Crippen molar-refractivity contribution in [3.05, 3.63) is 40.2 Å². The highest BCUT2D eigenvalue weighted by Crippen LogP contribution is 2.37. The maximum absolute atomic E-state index is 9.94. The van der Waals surface area contributed by atoms with Gasteiger partial charge < -0.3 is 19.3 Å². The van der Waals surface area contributed by atoms with Crippen molar-refractivity contribution in [3.8, 4) is 11.5 Å². The molecule has 28 heavy (non-hydrogen) atoms. The summed E-state index contributed by atoms with van der Waals surface area (Å²) in [5, 5.41) is 15.1. The van der Waals surface area contributed by atoms with Crippen LogP contribution in [0.25, 0.3) is 0 Å². The molecule has 0 bridgehead atoms. The molecule has 0 radical (unpaired) electrons. The maximum Gasteiger partial charge on any atom is 0.161 e. The number of hydrogen-bond acceptors (Lipinski definition) is 6. The van der Waals surface area contributed by atoms with Crippen LogP contribution in [0.3, 0.4) is 0 Å². The van der Waals surface area contributed by atoms with Crippen molar-refractivity contribution in [2.45, 2.75) is 32.0 Å². The molecule has 3 rings (SSSR count). The molecule has 1 aromatic carbocycles. The fraction of sp³-hybridized carbons (Fsp3) is 0.550. The highest BCUT2D eigenvalue weighted by atomic mass is 35.5. The van der Waals surface area contributed by atoms with Crippen LogP contribution in [-0.4, -0.2) is 59.9 Å². The van der Waals surface area contributed by atoms with Crippen LogP contribution in [0.15, 0.2) is 18.2 Å². The van der Waals surface area contributed by atoms with Gasteiger partial charge in [-0.25, -0.2) is 0 Å². The standard InChI is InChI=1S/C20H28ClN3O4/c1-5-15-14(20(21)23(2)22-15)11-24-8-9-28-18(12-25)19(24)13-6-7-16(26-3)17(10-13)27-4/h6-7,10,18-19,25H,5,8-9,11-12H2,1-4H3/t18-,19-/m1/s1. The van der Waals surface area contributed by atoms with Gasteiger partial charge in [-0.1, -0.05) is 24.6 Å². The highest BCUT2D eigenvalue weighted by Gasteiger charge is 2.35. The van der Waals surface area contributed by atoms with Gasteiger partial charge in [0.15, 0.2) is 11.5 Å². The Kier molecular flexibility index (Phi) is 6.82. The molecule has 0 saturated carbocycles. The average Bonchev–Trinajstić information content (AvgIpc) is 3.00. The lowest BCUT2D eigenvalue weighted by molar-refractivity contribution is -0.0961. The molecule has 0 spiro atoms. The van der Waals surface area contributed by atoms with Gasteiger partial charge in [-0.3, -0.25) is 9.58 Å². The van der Waals surface area contributed by atoms with E-state index in [1.165, 1.54) is 0 Å². The van der Waals surface area contributed by atoms with Gasteiger partial charge in [-0.15, -0.1) is 0 Å². The van der Waals surface area contributed by atoms with Gasteiger partial charge in [-0.2, -0.15) is 5.10 Å². The largest absolute Gasteiger partial charge is 0.493 e. The fourth-order valence-electron chi connectivity index (χ4n) is 3.82. The van der Waals surface area contributed by atoms with Crippen LogP contribution >= 0.6 is 11.6 Å². The Morgan fingerprint density at radius 1 is 1.29 bits per heavy atom. The lowest BCUT2D eigenvalue weighted by Crippen LogP contribution is -2.46. The van der Waals surface area contributed by atoms with Gasteiger partial charge >= 0.3 is 0 Å². The summed E-state index contributed by atoms with van der Waals surface area (Å²) in [5.41, 5.74) is 3.01. The molecular weight excluding hydrogens is 382 g/mol. The van der Waals surface area contributed by atoms with Crippen LogP contribution in [0, 0.1) is 0 Å². The van der Waals surface area contributed by atoms with E-state index in [4.69, 9.17) is 25.8 Å². The summed E-state index contributed by atoms with van der Waals surface area (Å²) in [6.07, 6.45) is 0.470. The molecule has 7 nitrogen and oxygen atoms in total. The Hall–Kier alpha value is -1.80. The highest BCUT2D eigenvalue weighted by molar-refractivity contribution is 6.30. The molecule has 1 saturated heterocycles. The molecule has 154 valence electrons. The molecule has 2 atom stereocenters. The van der Waals surface area contributed by atoms with Crippen LogP contribution in [0.1, 0.15) is 29.8 Å². The molecule has 0 amide bonds. The number of aliphatic hydroxyl groups is 1. The topological polar surface area (TPSA) is 69.0 Å². The van der Waals surface area contributed by atoms with Gasteiger partial charge in [0, 0.05) is 25.7 Å². The van der Waals surface area contributed by atoms with Crippen LogP contribution < -0.4 is 9.47 Å². The van der Waals surface area contributed by atoms with Crippen molar-refractivity contribution >= 4 is 11.6 Å². The van der Waals surface area contributed by atoms with E-state index in [0.29, 0.717) is 29.8 Å². The predicted octanol–water partition coefficient (Wildman–Crippen LogP) is 2.59. The van der Waals surface area contributed by atoms with Crippen LogP contribution in [0.5, 0.6) is 11.5 Å². The van der Waals surface area contributed by atoms with E-state index < -0.39 is 0 Å². The van der Waals surface area contributed by atoms with Crippen molar-refractivity contribution in [1.82, 2.24) is 14.7 Å². The summed E-state index contributed by atoms with van der Waals surface area (Å²) < 4.78 is 18.4. The summed E-state index contributed by atoms with van der Waals surface area (Å²) >= 11 is 6.52. The third-order valence-corrected chi connectivity index (χ3v) is 5.71. The van der Waals surface area contributed by atoms with E-state index in [9.17, 15) is 5.11 Å². The quantitative estimate of drug-likeness (QED) is 0.758. The molecule has 2 aromatic rings. The van der Waals surface area contributed by atoms with Crippen LogP contribution in [0.2, 0.25) is 5.15 Å². The summed E-state index contributed by atoms with van der Waals surface area (Å²) in [6, 6.07) is 5.67. The SMILES string of the molecule is CCc1nn(C)c(Cl)c1CN1CCO[C@H](CO)[C@H]1c1ccc(OC)c(OC)c1. The molecular formula is C20H28ClN3O4. The zero-order valence-corrected chi connectivity index (χ0v) is 17.6. The van der Waals surface area contributed by atoms with Gasteiger partial charge in [0.05, 0.1) is 39.2 Å². The van der Waals surface area contributed by atoms with Crippen molar-refractivity contribution in [2.24, 2.45) is 7.05 Å². The number of benzene rings is 1. The van der Waals surface area contributed by atoms with E-state index in [0.717, 1.165) is 29.8 Å². The maximum atomic E-state index is 9.94. The van der Waals surface area contributed by atoms with E-state index in [2.05, 4.69) is 16.9 Å². The normalized spacial score (nSPS) is 20.4. The number of hydrogen-bond donors (Lipinski definition) is 1. The minimum absolute atomic E-state index is 0.0725. The van der Waals surface area contributed by atoms with E-state index >= 15 is 0 Å². The number of halogens is 1. The first-order valence-corrected chi connectivity index (χ1v) is 9.80. The van der Waals surface area contributed by atoms with Gasteiger partial charge in [0.2, 0.25) is 0 Å². The molecule has 1 aliphatic heterocycles. The number of methoxy groups -OCH3 is 2. The third kappa shape index (κ3) is 3.98. The van der Waals surface area contributed by atoms with E-state index in [1.54, 1.807) is 18.9 Å². The second kappa shape index (κ2) is 9.13. The minimum atomic E-state index is -0.340. The molecule has 0 unspecified atom stereocenters.